The fourth-order valence-corrected chi connectivity index (χ4v) is 3.05. The Morgan fingerprint density at radius 1 is 1.05 bits per heavy atom. The normalized spacial score (nSPS) is 14.1. The zero-order chi connectivity index (χ0) is 13.8. The van der Waals surface area contributed by atoms with Gasteiger partial charge in [-0.25, -0.2) is 0 Å². The highest BCUT2D eigenvalue weighted by atomic mass is 15.1. The van der Waals surface area contributed by atoms with Crippen LogP contribution in [0.3, 0.4) is 0 Å². The van der Waals surface area contributed by atoms with Crippen LogP contribution in [0.5, 0.6) is 0 Å². The lowest BCUT2D eigenvalue weighted by molar-refractivity contribution is 0.665. The molecule has 3 rings (SSSR count). The first-order valence-corrected chi connectivity index (χ1v) is 7.50. The number of fused-ring (bicyclic) bond motifs is 1. The summed E-state index contributed by atoms with van der Waals surface area (Å²) in [7, 11) is 0. The second-order valence-electron chi connectivity index (χ2n) is 5.57. The lowest BCUT2D eigenvalue weighted by Gasteiger charge is -2.31. The Balaban J connectivity index is 1.62. The molecular formula is C18H22N2. The van der Waals surface area contributed by atoms with Gasteiger partial charge in [0.05, 0.1) is 0 Å². The van der Waals surface area contributed by atoms with Crippen LogP contribution in [0.1, 0.15) is 24.0 Å². The molecule has 1 aliphatic rings. The third kappa shape index (κ3) is 2.96. The van der Waals surface area contributed by atoms with E-state index in [0.717, 1.165) is 25.1 Å². The molecule has 2 heteroatoms. The van der Waals surface area contributed by atoms with Crippen LogP contribution < -0.4 is 10.6 Å². The molecule has 0 aromatic heterocycles. The van der Waals surface area contributed by atoms with Crippen molar-refractivity contribution in [1.82, 2.24) is 0 Å². The highest BCUT2D eigenvalue weighted by Crippen LogP contribution is 2.28. The van der Waals surface area contributed by atoms with Gasteiger partial charge in [-0.15, -0.1) is 0 Å². The van der Waals surface area contributed by atoms with E-state index in [4.69, 9.17) is 5.73 Å². The molecule has 0 atom stereocenters. The maximum atomic E-state index is 5.88. The summed E-state index contributed by atoms with van der Waals surface area (Å²) in [6.07, 6.45) is 4.76. The van der Waals surface area contributed by atoms with Crippen molar-refractivity contribution in [3.63, 3.8) is 0 Å². The molecule has 0 saturated heterocycles. The maximum absolute atomic E-state index is 5.88. The first-order chi connectivity index (χ1) is 9.83. The molecule has 0 aliphatic carbocycles. The zero-order valence-electron chi connectivity index (χ0n) is 11.9. The van der Waals surface area contributed by atoms with Crippen LogP contribution in [0.15, 0.2) is 48.5 Å². The van der Waals surface area contributed by atoms with Crippen molar-refractivity contribution in [2.75, 3.05) is 23.7 Å². The van der Waals surface area contributed by atoms with Crippen LogP contribution in [-0.2, 0) is 12.8 Å². The van der Waals surface area contributed by atoms with Crippen molar-refractivity contribution in [3.05, 3.63) is 59.7 Å². The second-order valence-corrected chi connectivity index (χ2v) is 5.57. The van der Waals surface area contributed by atoms with E-state index in [1.165, 1.54) is 36.2 Å². The number of hydrogen-bond donors (Lipinski definition) is 1. The van der Waals surface area contributed by atoms with E-state index in [-0.39, 0.29) is 0 Å². The molecule has 1 heterocycles. The first kappa shape index (κ1) is 13.0. The molecule has 0 amide bonds. The van der Waals surface area contributed by atoms with Crippen molar-refractivity contribution in [2.24, 2.45) is 0 Å². The van der Waals surface area contributed by atoms with Crippen LogP contribution in [-0.4, -0.2) is 13.1 Å². The number of hydrogen-bond acceptors (Lipinski definition) is 2. The number of nitrogens with two attached hydrogens (primary N) is 1. The van der Waals surface area contributed by atoms with Gasteiger partial charge in [0.2, 0.25) is 0 Å². The standard InChI is InChI=1S/C18H22N2/c19-17-10-11-18-16(14-17)9-5-13-20(18)12-4-8-15-6-2-1-3-7-15/h1-3,6-7,10-11,14H,4-5,8-9,12-13,19H2. The monoisotopic (exact) mass is 266 g/mol. The first-order valence-electron chi connectivity index (χ1n) is 7.50. The third-order valence-electron chi connectivity index (χ3n) is 4.05. The number of anilines is 2. The van der Waals surface area contributed by atoms with Gasteiger partial charge in [0, 0.05) is 24.5 Å². The summed E-state index contributed by atoms with van der Waals surface area (Å²) in [5.74, 6) is 0. The molecule has 2 aromatic carbocycles. The van der Waals surface area contributed by atoms with E-state index in [2.05, 4.69) is 47.4 Å². The fourth-order valence-electron chi connectivity index (χ4n) is 3.05. The molecule has 1 aliphatic heterocycles. The number of aryl methyl sites for hydroxylation is 2. The van der Waals surface area contributed by atoms with Gasteiger partial charge in [0.15, 0.2) is 0 Å². The van der Waals surface area contributed by atoms with Crippen molar-refractivity contribution in [3.8, 4) is 0 Å². The summed E-state index contributed by atoms with van der Waals surface area (Å²) in [6.45, 7) is 2.30. The number of benzene rings is 2. The largest absolute Gasteiger partial charge is 0.399 e. The molecular weight excluding hydrogens is 244 g/mol. The van der Waals surface area contributed by atoms with Crippen LogP contribution in [0.2, 0.25) is 0 Å². The van der Waals surface area contributed by atoms with E-state index in [1.54, 1.807) is 0 Å². The van der Waals surface area contributed by atoms with Gasteiger partial charge >= 0.3 is 0 Å². The molecule has 0 fully saturated rings. The minimum absolute atomic E-state index is 0.884. The average Bonchev–Trinajstić information content (AvgIpc) is 2.48. The number of rotatable bonds is 4. The topological polar surface area (TPSA) is 29.3 Å². The van der Waals surface area contributed by atoms with Gasteiger partial charge in [0.25, 0.3) is 0 Å². The summed E-state index contributed by atoms with van der Waals surface area (Å²) in [5, 5.41) is 0. The quantitative estimate of drug-likeness (QED) is 0.856. The van der Waals surface area contributed by atoms with Crippen LogP contribution in [0.25, 0.3) is 0 Å². The minimum Gasteiger partial charge on any atom is -0.399 e. The fraction of sp³-hybridized carbons (Fsp3) is 0.333. The molecule has 2 nitrogen and oxygen atoms in total. The smallest absolute Gasteiger partial charge is 0.0400 e. The Morgan fingerprint density at radius 3 is 2.75 bits per heavy atom. The second kappa shape index (κ2) is 6.00. The molecule has 0 bridgehead atoms. The van der Waals surface area contributed by atoms with Gasteiger partial charge in [-0.3, -0.25) is 0 Å². The molecule has 0 unspecified atom stereocenters. The molecule has 2 aromatic rings. The van der Waals surface area contributed by atoms with E-state index >= 15 is 0 Å². The highest BCUT2D eigenvalue weighted by Gasteiger charge is 2.16. The van der Waals surface area contributed by atoms with E-state index in [0.29, 0.717) is 0 Å². The maximum Gasteiger partial charge on any atom is 0.0400 e. The third-order valence-corrected chi connectivity index (χ3v) is 4.05. The summed E-state index contributed by atoms with van der Waals surface area (Å²) >= 11 is 0. The molecule has 0 radical (unpaired) electrons. The summed E-state index contributed by atoms with van der Waals surface area (Å²) < 4.78 is 0. The van der Waals surface area contributed by atoms with E-state index in [1.807, 2.05) is 6.07 Å². The lowest BCUT2D eigenvalue weighted by atomic mass is 10.0. The van der Waals surface area contributed by atoms with Gasteiger partial charge in [-0.2, -0.15) is 0 Å². The molecule has 0 spiro atoms. The predicted molar refractivity (Wildman–Crippen MR) is 86.2 cm³/mol. The average molecular weight is 266 g/mol. The summed E-state index contributed by atoms with van der Waals surface area (Å²) in [6, 6.07) is 17.1. The number of nitrogens with zero attached hydrogens (tertiary/aromatic N) is 1. The predicted octanol–water partition coefficient (Wildman–Crippen LogP) is 3.65. The van der Waals surface area contributed by atoms with Gasteiger partial charge < -0.3 is 10.6 Å². The summed E-state index contributed by atoms with van der Waals surface area (Å²) in [4.78, 5) is 2.52. The molecule has 0 saturated carbocycles. The Labute approximate surface area is 121 Å². The van der Waals surface area contributed by atoms with Crippen molar-refractivity contribution in [1.29, 1.82) is 0 Å². The van der Waals surface area contributed by atoms with Gasteiger partial charge in [0.1, 0.15) is 0 Å². The zero-order valence-corrected chi connectivity index (χ0v) is 11.9. The van der Waals surface area contributed by atoms with E-state index in [9.17, 15) is 0 Å². The Kier molecular flexibility index (Phi) is 3.91. The van der Waals surface area contributed by atoms with E-state index < -0.39 is 0 Å². The van der Waals surface area contributed by atoms with Crippen LogP contribution in [0.4, 0.5) is 11.4 Å². The molecule has 104 valence electrons. The Morgan fingerprint density at radius 2 is 1.90 bits per heavy atom. The SMILES string of the molecule is Nc1ccc2c(c1)CCCN2CCCc1ccccc1. The highest BCUT2D eigenvalue weighted by molar-refractivity contribution is 5.61. The van der Waals surface area contributed by atoms with Crippen LogP contribution >= 0.6 is 0 Å². The van der Waals surface area contributed by atoms with Crippen LogP contribution in [0, 0.1) is 0 Å². The Hall–Kier alpha value is -1.96. The summed E-state index contributed by atoms with van der Waals surface area (Å²) in [5.41, 5.74) is 11.0. The number of nitrogen functional groups attached to an aromatic ring is 1. The Bertz CT molecular complexity index is 563. The van der Waals surface area contributed by atoms with Gasteiger partial charge in [-0.1, -0.05) is 30.3 Å². The van der Waals surface area contributed by atoms with Crippen molar-refractivity contribution in [2.45, 2.75) is 25.7 Å². The molecule has 20 heavy (non-hydrogen) atoms. The molecule has 2 N–H and O–H groups in total. The van der Waals surface area contributed by atoms with Crippen molar-refractivity contribution < 1.29 is 0 Å². The lowest BCUT2D eigenvalue weighted by Crippen LogP contribution is -2.30. The minimum atomic E-state index is 0.884. The van der Waals surface area contributed by atoms with Crippen molar-refractivity contribution >= 4 is 11.4 Å². The van der Waals surface area contributed by atoms with Gasteiger partial charge in [-0.05, 0) is 55.0 Å².